The van der Waals surface area contributed by atoms with Crippen LogP contribution >= 0.6 is 11.8 Å². The first kappa shape index (κ1) is 22.3. The van der Waals surface area contributed by atoms with Crippen LogP contribution in [0.5, 0.6) is 0 Å². The molecular weight excluding hydrogens is 400 g/mol. The number of carbonyl (C=O) groups is 3. The normalized spacial score (nSPS) is 21.0. The van der Waals surface area contributed by atoms with Gasteiger partial charge in [-0.3, -0.25) is 19.9 Å². The highest BCUT2D eigenvalue weighted by atomic mass is 32.2. The summed E-state index contributed by atoms with van der Waals surface area (Å²) < 4.78 is 0. The predicted octanol–water partition coefficient (Wildman–Crippen LogP) is 3.20. The van der Waals surface area contributed by atoms with Crippen LogP contribution in [0.4, 0.5) is 4.79 Å². The Kier molecular flexibility index (Phi) is 6.55. The largest absolute Gasteiger partial charge is 0.351 e. The molecule has 1 heterocycles. The SMILES string of the molecule is CC(C)(C)NC(=O)CCNC(=O)NC1=N[C@@](C)(c2ccc(C(=O)C3CC3)cc2)CS1. The first-order chi connectivity index (χ1) is 14.1. The summed E-state index contributed by atoms with van der Waals surface area (Å²) in [6, 6.07) is 7.29. The average molecular weight is 431 g/mol. The van der Waals surface area contributed by atoms with Gasteiger partial charge in [-0.15, -0.1) is 0 Å². The minimum absolute atomic E-state index is 0.105. The van der Waals surface area contributed by atoms with Gasteiger partial charge in [0.2, 0.25) is 5.91 Å². The summed E-state index contributed by atoms with van der Waals surface area (Å²) in [6.45, 7) is 8.00. The number of nitrogens with one attached hydrogen (secondary N) is 3. The van der Waals surface area contributed by atoms with E-state index in [9.17, 15) is 14.4 Å². The number of aliphatic imine (C=N–C) groups is 1. The number of carbonyl (C=O) groups excluding carboxylic acids is 3. The van der Waals surface area contributed by atoms with Crippen molar-refractivity contribution in [2.75, 3.05) is 12.3 Å². The highest BCUT2D eigenvalue weighted by Gasteiger charge is 2.34. The van der Waals surface area contributed by atoms with E-state index >= 15 is 0 Å². The molecule has 8 heteroatoms. The van der Waals surface area contributed by atoms with Gasteiger partial charge < -0.3 is 10.6 Å². The number of hydrogen-bond acceptors (Lipinski definition) is 5. The second-order valence-corrected chi connectivity index (χ2v) is 10.1. The van der Waals surface area contributed by atoms with Crippen LogP contribution in [0.15, 0.2) is 29.3 Å². The summed E-state index contributed by atoms with van der Waals surface area (Å²) in [5.74, 6) is 1.03. The van der Waals surface area contributed by atoms with Gasteiger partial charge in [-0.1, -0.05) is 36.0 Å². The number of thioether (sulfide) groups is 1. The van der Waals surface area contributed by atoms with Crippen molar-refractivity contribution in [3.63, 3.8) is 0 Å². The summed E-state index contributed by atoms with van der Waals surface area (Å²) in [5, 5.41) is 8.85. The van der Waals surface area contributed by atoms with Crippen molar-refractivity contribution in [1.82, 2.24) is 16.0 Å². The maximum Gasteiger partial charge on any atom is 0.320 e. The van der Waals surface area contributed by atoms with Gasteiger partial charge in [0, 0.05) is 35.7 Å². The van der Waals surface area contributed by atoms with Crippen molar-refractivity contribution in [2.24, 2.45) is 10.9 Å². The average Bonchev–Trinajstić information content (AvgIpc) is 3.43. The number of urea groups is 1. The number of amidine groups is 1. The van der Waals surface area contributed by atoms with Crippen LogP contribution in [-0.2, 0) is 10.3 Å². The summed E-state index contributed by atoms with van der Waals surface area (Å²) in [4.78, 5) is 40.8. The first-order valence-electron chi connectivity index (χ1n) is 10.3. The van der Waals surface area contributed by atoms with E-state index in [4.69, 9.17) is 0 Å². The van der Waals surface area contributed by atoms with Gasteiger partial charge in [0.15, 0.2) is 11.0 Å². The molecule has 1 aliphatic carbocycles. The Balaban J connectivity index is 1.50. The topological polar surface area (TPSA) is 99.7 Å². The standard InChI is InChI=1S/C22H30N4O3S/c1-21(2,3)25-17(27)11-12-23-19(29)24-20-26-22(4,13-30-20)16-9-7-15(8-10-16)18(28)14-5-6-14/h7-10,14H,5-6,11-13H2,1-4H3,(H,25,27)(H2,23,24,26,29)/t22-/m1/s1. The summed E-state index contributed by atoms with van der Waals surface area (Å²) in [7, 11) is 0. The zero-order valence-corrected chi connectivity index (χ0v) is 18.8. The van der Waals surface area contributed by atoms with E-state index in [1.165, 1.54) is 11.8 Å². The lowest BCUT2D eigenvalue weighted by Gasteiger charge is -2.20. The Morgan fingerprint density at radius 2 is 1.83 bits per heavy atom. The molecule has 2 aliphatic rings. The van der Waals surface area contributed by atoms with Crippen molar-refractivity contribution < 1.29 is 14.4 Å². The molecule has 1 aliphatic heterocycles. The van der Waals surface area contributed by atoms with Crippen LogP contribution in [0, 0.1) is 5.92 Å². The maximum absolute atomic E-state index is 12.2. The maximum atomic E-state index is 12.2. The lowest BCUT2D eigenvalue weighted by atomic mass is 9.93. The second kappa shape index (κ2) is 8.79. The first-order valence-corrected chi connectivity index (χ1v) is 11.3. The van der Waals surface area contributed by atoms with E-state index < -0.39 is 5.54 Å². The van der Waals surface area contributed by atoms with Gasteiger partial charge in [-0.2, -0.15) is 0 Å². The monoisotopic (exact) mass is 430 g/mol. The van der Waals surface area contributed by atoms with Crippen molar-refractivity contribution in [3.05, 3.63) is 35.4 Å². The Morgan fingerprint density at radius 3 is 2.43 bits per heavy atom. The fourth-order valence-electron chi connectivity index (χ4n) is 3.20. The van der Waals surface area contributed by atoms with E-state index in [2.05, 4.69) is 20.9 Å². The van der Waals surface area contributed by atoms with Gasteiger partial charge in [0.1, 0.15) is 0 Å². The zero-order chi connectivity index (χ0) is 21.9. The van der Waals surface area contributed by atoms with E-state index in [0.29, 0.717) is 10.9 Å². The fraction of sp³-hybridized carbons (Fsp3) is 0.545. The molecule has 7 nitrogen and oxygen atoms in total. The number of ketones is 1. The molecule has 0 saturated heterocycles. The third kappa shape index (κ3) is 6.08. The van der Waals surface area contributed by atoms with Crippen LogP contribution in [0.3, 0.4) is 0 Å². The van der Waals surface area contributed by atoms with Crippen LogP contribution in [0.2, 0.25) is 0 Å². The van der Waals surface area contributed by atoms with Gasteiger partial charge in [-0.25, -0.2) is 4.79 Å². The summed E-state index contributed by atoms with van der Waals surface area (Å²) in [5.41, 5.74) is 1.02. The number of nitrogens with zero attached hydrogens (tertiary/aromatic N) is 1. The number of benzene rings is 1. The molecule has 0 bridgehead atoms. The molecule has 0 radical (unpaired) electrons. The Morgan fingerprint density at radius 1 is 1.17 bits per heavy atom. The summed E-state index contributed by atoms with van der Waals surface area (Å²) >= 11 is 1.48. The molecule has 1 atom stereocenters. The third-order valence-corrected chi connectivity index (χ3v) is 6.12. The molecule has 1 aromatic rings. The highest BCUT2D eigenvalue weighted by Crippen LogP contribution is 2.37. The van der Waals surface area contributed by atoms with Crippen LogP contribution in [0.1, 0.15) is 62.9 Å². The minimum atomic E-state index is -0.457. The molecule has 3 amide bonds. The second-order valence-electron chi connectivity index (χ2n) is 9.12. The Bertz CT molecular complexity index is 856. The van der Waals surface area contributed by atoms with E-state index in [1.807, 2.05) is 52.0 Å². The molecule has 3 N–H and O–H groups in total. The molecule has 0 aromatic heterocycles. The lowest BCUT2D eigenvalue weighted by molar-refractivity contribution is -0.122. The molecule has 1 fully saturated rings. The fourth-order valence-corrected chi connectivity index (χ4v) is 4.28. The molecular formula is C22H30N4O3S. The number of hydrogen-bond donors (Lipinski definition) is 3. The minimum Gasteiger partial charge on any atom is -0.351 e. The van der Waals surface area contributed by atoms with Gasteiger partial charge in [0.25, 0.3) is 0 Å². The predicted molar refractivity (Wildman–Crippen MR) is 120 cm³/mol. The van der Waals surface area contributed by atoms with Gasteiger partial charge in [0.05, 0.1) is 5.54 Å². The van der Waals surface area contributed by atoms with Gasteiger partial charge in [-0.05, 0) is 46.1 Å². The van der Waals surface area contributed by atoms with Crippen molar-refractivity contribution in [3.8, 4) is 0 Å². The Labute approximate surface area is 181 Å². The van der Waals surface area contributed by atoms with Crippen molar-refractivity contribution in [1.29, 1.82) is 0 Å². The van der Waals surface area contributed by atoms with Gasteiger partial charge >= 0.3 is 6.03 Å². The van der Waals surface area contributed by atoms with Crippen LogP contribution < -0.4 is 16.0 Å². The third-order valence-electron chi connectivity index (χ3n) is 4.95. The number of rotatable bonds is 6. The van der Waals surface area contributed by atoms with Crippen LogP contribution in [0.25, 0.3) is 0 Å². The van der Waals surface area contributed by atoms with E-state index in [1.54, 1.807) is 0 Å². The zero-order valence-electron chi connectivity index (χ0n) is 18.0. The number of Topliss-reactive ketones (excluding diaryl/α,β-unsaturated/α-hetero) is 1. The summed E-state index contributed by atoms with van der Waals surface area (Å²) in [6.07, 6.45) is 2.21. The van der Waals surface area contributed by atoms with Crippen molar-refractivity contribution in [2.45, 2.75) is 58.0 Å². The lowest BCUT2D eigenvalue weighted by Crippen LogP contribution is -2.43. The molecule has 1 saturated carbocycles. The smallest absolute Gasteiger partial charge is 0.320 e. The van der Waals surface area contributed by atoms with E-state index in [0.717, 1.165) is 24.0 Å². The molecule has 0 spiro atoms. The highest BCUT2D eigenvalue weighted by molar-refractivity contribution is 8.14. The molecule has 0 unspecified atom stereocenters. The van der Waals surface area contributed by atoms with Crippen molar-refractivity contribution >= 4 is 34.7 Å². The molecule has 162 valence electrons. The van der Waals surface area contributed by atoms with E-state index in [-0.39, 0.29) is 42.1 Å². The Hall–Kier alpha value is -2.35. The molecule has 1 aromatic carbocycles. The quantitative estimate of drug-likeness (QED) is 0.604. The number of amides is 3. The molecule has 3 rings (SSSR count). The molecule has 30 heavy (non-hydrogen) atoms. The van der Waals surface area contributed by atoms with Crippen LogP contribution in [-0.4, -0.2) is 40.7 Å².